The summed E-state index contributed by atoms with van der Waals surface area (Å²) in [5.41, 5.74) is -0.388. The monoisotopic (exact) mass is 243 g/mol. The molecule has 0 bridgehead atoms. The van der Waals surface area contributed by atoms with Crippen molar-refractivity contribution in [2.45, 2.75) is 33.3 Å². The third kappa shape index (κ3) is 4.09. The molecule has 1 aliphatic heterocycles. The van der Waals surface area contributed by atoms with Crippen LogP contribution >= 0.6 is 0 Å². The van der Waals surface area contributed by atoms with Crippen molar-refractivity contribution in [2.24, 2.45) is 5.41 Å². The quantitative estimate of drug-likeness (QED) is 0.720. The molecule has 1 amide bonds. The zero-order valence-electron chi connectivity index (χ0n) is 10.7. The molecule has 1 saturated heterocycles. The fraction of sp³-hybridized carbons (Fsp3) is 0.833. The summed E-state index contributed by atoms with van der Waals surface area (Å²) in [6.45, 7) is 7.37. The van der Waals surface area contributed by atoms with E-state index >= 15 is 0 Å². The highest BCUT2D eigenvalue weighted by Gasteiger charge is 2.30. The lowest BCUT2D eigenvalue weighted by Gasteiger charge is -2.28. The Kier molecular flexibility index (Phi) is 4.65. The summed E-state index contributed by atoms with van der Waals surface area (Å²) in [6.07, 6.45) is -0.903. The molecule has 17 heavy (non-hydrogen) atoms. The molecule has 1 atom stereocenters. The summed E-state index contributed by atoms with van der Waals surface area (Å²) >= 11 is 0. The Morgan fingerprint density at radius 3 is 2.29 bits per heavy atom. The van der Waals surface area contributed by atoms with Gasteiger partial charge in [0.1, 0.15) is 0 Å². The van der Waals surface area contributed by atoms with Crippen molar-refractivity contribution in [1.82, 2.24) is 4.90 Å². The first-order valence-corrected chi connectivity index (χ1v) is 5.90. The SMILES string of the molecule is CC(C)(C)C(O)CC(=O)C(=O)N1CCOCC1. The number of hydrogen-bond acceptors (Lipinski definition) is 4. The van der Waals surface area contributed by atoms with Crippen LogP contribution in [-0.2, 0) is 14.3 Å². The third-order valence-corrected chi connectivity index (χ3v) is 2.92. The third-order valence-electron chi connectivity index (χ3n) is 2.92. The molecule has 1 heterocycles. The average molecular weight is 243 g/mol. The van der Waals surface area contributed by atoms with E-state index in [9.17, 15) is 14.7 Å². The van der Waals surface area contributed by atoms with Crippen LogP contribution in [0.2, 0.25) is 0 Å². The Hall–Kier alpha value is -0.940. The minimum absolute atomic E-state index is 0.111. The van der Waals surface area contributed by atoms with Gasteiger partial charge in [-0.1, -0.05) is 20.8 Å². The summed E-state index contributed by atoms with van der Waals surface area (Å²) in [6, 6.07) is 0. The van der Waals surface area contributed by atoms with Crippen LogP contribution in [0.1, 0.15) is 27.2 Å². The second-order valence-electron chi connectivity index (χ2n) is 5.41. The molecule has 0 aromatic heterocycles. The molecule has 0 spiro atoms. The first kappa shape index (κ1) is 14.1. The molecule has 0 aliphatic carbocycles. The summed E-state index contributed by atoms with van der Waals surface area (Å²) in [5.74, 6) is -1.02. The van der Waals surface area contributed by atoms with Gasteiger partial charge in [-0.3, -0.25) is 9.59 Å². The minimum Gasteiger partial charge on any atom is -0.392 e. The van der Waals surface area contributed by atoms with E-state index in [0.29, 0.717) is 26.3 Å². The average Bonchev–Trinajstić information content (AvgIpc) is 2.27. The van der Waals surface area contributed by atoms with Crippen molar-refractivity contribution < 1.29 is 19.4 Å². The van der Waals surface area contributed by atoms with Crippen LogP contribution in [-0.4, -0.2) is 54.1 Å². The number of rotatable bonds is 3. The molecule has 1 N–H and O–H groups in total. The van der Waals surface area contributed by atoms with Gasteiger partial charge in [0.15, 0.2) is 0 Å². The fourth-order valence-electron chi connectivity index (χ4n) is 1.51. The van der Waals surface area contributed by atoms with Crippen LogP contribution in [0.15, 0.2) is 0 Å². The van der Waals surface area contributed by atoms with Crippen LogP contribution in [0.25, 0.3) is 0 Å². The lowest BCUT2D eigenvalue weighted by Crippen LogP contribution is -2.45. The maximum Gasteiger partial charge on any atom is 0.290 e. The molecular formula is C12H21NO4. The molecule has 0 aromatic carbocycles. The van der Waals surface area contributed by atoms with E-state index in [-0.39, 0.29) is 11.8 Å². The maximum atomic E-state index is 11.8. The second-order valence-corrected chi connectivity index (χ2v) is 5.41. The van der Waals surface area contributed by atoms with Gasteiger partial charge >= 0.3 is 0 Å². The second kappa shape index (κ2) is 5.60. The van der Waals surface area contributed by atoms with Crippen LogP contribution in [0.4, 0.5) is 0 Å². The van der Waals surface area contributed by atoms with Crippen molar-refractivity contribution in [2.75, 3.05) is 26.3 Å². The number of nitrogens with zero attached hydrogens (tertiary/aromatic N) is 1. The van der Waals surface area contributed by atoms with E-state index in [4.69, 9.17) is 4.74 Å². The van der Waals surface area contributed by atoms with Crippen molar-refractivity contribution in [3.63, 3.8) is 0 Å². The first-order valence-electron chi connectivity index (χ1n) is 5.90. The predicted molar refractivity (Wildman–Crippen MR) is 62.5 cm³/mol. The highest BCUT2D eigenvalue weighted by atomic mass is 16.5. The number of Topliss-reactive ketones (excluding diaryl/α,β-unsaturated/α-hetero) is 1. The number of amides is 1. The molecule has 1 fully saturated rings. The van der Waals surface area contributed by atoms with E-state index in [1.54, 1.807) is 0 Å². The number of aliphatic hydroxyl groups excluding tert-OH is 1. The maximum absolute atomic E-state index is 11.8. The number of carbonyl (C=O) groups excluding carboxylic acids is 2. The number of ketones is 1. The molecule has 98 valence electrons. The number of ether oxygens (including phenoxy) is 1. The van der Waals surface area contributed by atoms with Gasteiger partial charge in [0.05, 0.1) is 19.3 Å². The molecule has 0 radical (unpaired) electrons. The van der Waals surface area contributed by atoms with E-state index in [1.807, 2.05) is 20.8 Å². The Balaban J connectivity index is 2.49. The predicted octanol–water partition coefficient (Wildman–Crippen LogP) is 0.211. The molecule has 1 rings (SSSR count). The molecular weight excluding hydrogens is 222 g/mol. The van der Waals surface area contributed by atoms with Crippen LogP contribution in [0, 0.1) is 5.41 Å². The topological polar surface area (TPSA) is 66.8 Å². The fourth-order valence-corrected chi connectivity index (χ4v) is 1.51. The van der Waals surface area contributed by atoms with Gasteiger partial charge in [0, 0.05) is 19.5 Å². The Bertz CT molecular complexity index is 289. The summed E-state index contributed by atoms with van der Waals surface area (Å²) < 4.78 is 5.11. The molecule has 0 saturated carbocycles. The van der Waals surface area contributed by atoms with Gasteiger partial charge in [0.25, 0.3) is 5.91 Å². The van der Waals surface area contributed by atoms with Gasteiger partial charge in [0.2, 0.25) is 5.78 Å². The molecule has 5 nitrogen and oxygen atoms in total. The zero-order valence-corrected chi connectivity index (χ0v) is 10.7. The van der Waals surface area contributed by atoms with Crippen LogP contribution in [0.5, 0.6) is 0 Å². The number of hydrogen-bond donors (Lipinski definition) is 1. The van der Waals surface area contributed by atoms with Crippen molar-refractivity contribution in [1.29, 1.82) is 0 Å². The lowest BCUT2D eigenvalue weighted by atomic mass is 9.86. The Morgan fingerprint density at radius 2 is 1.82 bits per heavy atom. The standard InChI is InChI=1S/C12H21NO4/c1-12(2,3)10(15)8-9(14)11(16)13-4-6-17-7-5-13/h10,15H,4-8H2,1-3H3. The van der Waals surface area contributed by atoms with Crippen molar-refractivity contribution in [3.8, 4) is 0 Å². The lowest BCUT2D eigenvalue weighted by molar-refractivity contribution is -0.148. The smallest absolute Gasteiger partial charge is 0.290 e. The van der Waals surface area contributed by atoms with Gasteiger partial charge in [-0.25, -0.2) is 0 Å². The Labute approximate surface area is 102 Å². The number of morpholine rings is 1. The largest absolute Gasteiger partial charge is 0.392 e. The van der Waals surface area contributed by atoms with E-state index in [0.717, 1.165) is 0 Å². The minimum atomic E-state index is -0.792. The van der Waals surface area contributed by atoms with Crippen molar-refractivity contribution >= 4 is 11.7 Å². The van der Waals surface area contributed by atoms with E-state index < -0.39 is 17.8 Å². The number of aliphatic hydroxyl groups is 1. The van der Waals surface area contributed by atoms with Gasteiger partial charge in [-0.2, -0.15) is 0 Å². The zero-order chi connectivity index (χ0) is 13.1. The number of carbonyl (C=O) groups is 2. The summed E-state index contributed by atoms with van der Waals surface area (Å²) in [7, 11) is 0. The molecule has 0 aromatic rings. The van der Waals surface area contributed by atoms with Gasteiger partial charge < -0.3 is 14.7 Å². The van der Waals surface area contributed by atoms with Crippen molar-refractivity contribution in [3.05, 3.63) is 0 Å². The first-order chi connectivity index (χ1) is 7.82. The highest BCUT2D eigenvalue weighted by Crippen LogP contribution is 2.21. The van der Waals surface area contributed by atoms with E-state index in [1.165, 1.54) is 4.90 Å². The highest BCUT2D eigenvalue weighted by molar-refractivity contribution is 6.36. The summed E-state index contributed by atoms with van der Waals surface area (Å²) in [4.78, 5) is 25.0. The normalized spacial score (nSPS) is 18.9. The molecule has 5 heteroatoms. The van der Waals surface area contributed by atoms with Gasteiger partial charge in [-0.15, -0.1) is 0 Å². The molecule has 1 aliphatic rings. The molecule has 1 unspecified atom stereocenters. The van der Waals surface area contributed by atoms with E-state index in [2.05, 4.69) is 0 Å². The summed E-state index contributed by atoms with van der Waals surface area (Å²) in [5, 5.41) is 9.79. The Morgan fingerprint density at radius 1 is 1.29 bits per heavy atom. The van der Waals surface area contributed by atoms with Crippen LogP contribution in [0.3, 0.4) is 0 Å². The van der Waals surface area contributed by atoms with Crippen LogP contribution < -0.4 is 0 Å². The van der Waals surface area contributed by atoms with Gasteiger partial charge in [-0.05, 0) is 5.41 Å².